The summed E-state index contributed by atoms with van der Waals surface area (Å²) in [6.45, 7) is 12.1. The predicted molar refractivity (Wildman–Crippen MR) is 101 cm³/mol. The van der Waals surface area contributed by atoms with Gasteiger partial charge >= 0.3 is 0 Å². The highest BCUT2D eigenvalue weighted by Crippen LogP contribution is 2.40. The maximum absolute atomic E-state index is 12.9. The Balaban J connectivity index is 2.60. The smallest absolute Gasteiger partial charge is 0.194 e. The maximum atomic E-state index is 12.9. The Kier molecular flexibility index (Phi) is 5.06. The van der Waals surface area contributed by atoms with Crippen molar-refractivity contribution in [1.29, 1.82) is 5.26 Å². The van der Waals surface area contributed by atoms with Gasteiger partial charge in [-0.15, -0.1) is 0 Å². The Morgan fingerprint density at radius 3 is 2.00 bits per heavy atom. The molecule has 2 aromatic rings. The Labute approximate surface area is 153 Å². The lowest BCUT2D eigenvalue weighted by Gasteiger charge is -2.28. The molecule has 132 valence electrons. The molecule has 0 aliphatic rings. The highest BCUT2D eigenvalue weighted by Gasteiger charge is 2.28. The van der Waals surface area contributed by atoms with Gasteiger partial charge in [0.1, 0.15) is 11.2 Å². The molecular weight excluding hydrogens is 332 g/mol. The first-order chi connectivity index (χ1) is 11.4. The van der Waals surface area contributed by atoms with Gasteiger partial charge in [0.25, 0.3) is 0 Å². The van der Waals surface area contributed by atoms with Crippen LogP contribution in [0.15, 0.2) is 29.4 Å². The zero-order valence-electron chi connectivity index (χ0n) is 15.5. The predicted octanol–water partition coefficient (Wildman–Crippen LogP) is 5.12. The molecule has 0 radical (unpaired) electrons. The van der Waals surface area contributed by atoms with Crippen LogP contribution in [0, 0.1) is 10.7 Å². The van der Waals surface area contributed by atoms with Crippen molar-refractivity contribution in [2.75, 3.05) is 0 Å². The van der Waals surface area contributed by atoms with E-state index in [9.17, 15) is 9.90 Å². The third-order valence-corrected chi connectivity index (χ3v) is 4.61. The number of carbonyl (C=O) groups excluding carboxylic acids is 1. The number of nitriles is 1. The monoisotopic (exact) mass is 356 g/mol. The van der Waals surface area contributed by atoms with Gasteiger partial charge in [-0.2, -0.15) is 5.26 Å². The van der Waals surface area contributed by atoms with Gasteiger partial charge < -0.3 is 10.1 Å². The minimum Gasteiger partial charge on any atom is -0.507 e. The molecule has 0 amide bonds. The fourth-order valence-electron chi connectivity index (χ4n) is 2.69. The number of hydrogen-bond acceptors (Lipinski definition) is 4. The van der Waals surface area contributed by atoms with Gasteiger partial charge in [0.05, 0.1) is 5.03 Å². The second kappa shape index (κ2) is 6.61. The Morgan fingerprint density at radius 1 is 1.04 bits per heavy atom. The number of nitrogens with one attached hydrogen (secondary N) is 1. The Hall–Kier alpha value is -2.19. The van der Waals surface area contributed by atoms with E-state index >= 15 is 0 Å². The lowest BCUT2D eigenvalue weighted by atomic mass is 9.78. The van der Waals surface area contributed by atoms with Crippen LogP contribution in [0.2, 0.25) is 0 Å². The summed E-state index contributed by atoms with van der Waals surface area (Å²) in [5, 5.41) is 22.1. The molecule has 1 aromatic carbocycles. The number of rotatable bonds is 3. The van der Waals surface area contributed by atoms with Gasteiger partial charge in [0.2, 0.25) is 0 Å². The average molecular weight is 356 g/mol. The number of H-pyrrole nitrogens is 1. The van der Waals surface area contributed by atoms with Crippen LogP contribution in [0.3, 0.4) is 0 Å². The molecule has 2 N–H and O–H groups in total. The summed E-state index contributed by atoms with van der Waals surface area (Å²) in [5.74, 6) is 0.128. The van der Waals surface area contributed by atoms with Gasteiger partial charge in [-0.1, -0.05) is 41.5 Å². The largest absolute Gasteiger partial charge is 0.507 e. The van der Waals surface area contributed by atoms with Crippen molar-refractivity contribution in [3.05, 3.63) is 46.6 Å². The topological polar surface area (TPSA) is 76.9 Å². The molecule has 0 fully saturated rings. The van der Waals surface area contributed by atoms with Crippen molar-refractivity contribution in [2.45, 2.75) is 57.4 Å². The number of hydrogen-bond donors (Lipinski definition) is 2. The molecule has 0 spiro atoms. The van der Waals surface area contributed by atoms with E-state index in [1.165, 1.54) is 0 Å². The van der Waals surface area contributed by atoms with E-state index in [4.69, 9.17) is 5.26 Å². The molecule has 0 atom stereocenters. The van der Waals surface area contributed by atoms with E-state index in [0.29, 0.717) is 16.2 Å². The number of thiocyanates is 1. The quantitative estimate of drug-likeness (QED) is 0.454. The van der Waals surface area contributed by atoms with E-state index < -0.39 is 0 Å². The van der Waals surface area contributed by atoms with Crippen molar-refractivity contribution >= 4 is 17.5 Å². The normalized spacial score (nSPS) is 12.0. The zero-order valence-corrected chi connectivity index (χ0v) is 16.3. The lowest BCUT2D eigenvalue weighted by molar-refractivity contribution is 0.103. The number of carbonyl (C=O) groups is 1. The Morgan fingerprint density at radius 2 is 1.56 bits per heavy atom. The Bertz CT molecular complexity index is 811. The first kappa shape index (κ1) is 19.1. The van der Waals surface area contributed by atoms with Gasteiger partial charge in [0.15, 0.2) is 5.78 Å². The average Bonchev–Trinajstić information content (AvgIpc) is 2.93. The highest BCUT2D eigenvalue weighted by atomic mass is 32.2. The minimum absolute atomic E-state index is 0.128. The highest BCUT2D eigenvalue weighted by molar-refractivity contribution is 8.03. The molecule has 5 heteroatoms. The van der Waals surface area contributed by atoms with Crippen LogP contribution in [-0.4, -0.2) is 15.9 Å². The third kappa shape index (κ3) is 4.08. The zero-order chi connectivity index (χ0) is 19.0. The SMILES string of the molecule is CC(C)(C)c1cc(C(=O)c2c[nH]c(SC#N)c2)cc(C(C)(C)C)c1O. The summed E-state index contributed by atoms with van der Waals surface area (Å²) in [5.41, 5.74) is 1.97. The number of nitrogens with zero attached hydrogens (tertiary/aromatic N) is 1. The van der Waals surface area contributed by atoms with Crippen LogP contribution in [0.1, 0.15) is 68.6 Å². The molecule has 0 aliphatic heterocycles. The van der Waals surface area contributed by atoms with Gasteiger partial charge in [0, 0.05) is 40.2 Å². The molecule has 25 heavy (non-hydrogen) atoms. The maximum Gasteiger partial charge on any atom is 0.194 e. The summed E-state index contributed by atoms with van der Waals surface area (Å²) < 4.78 is 0. The number of aromatic nitrogens is 1. The number of aromatic hydroxyl groups is 1. The van der Waals surface area contributed by atoms with E-state index in [0.717, 1.165) is 22.9 Å². The molecule has 1 heterocycles. The lowest BCUT2D eigenvalue weighted by Crippen LogP contribution is -2.19. The fraction of sp³-hybridized carbons (Fsp3) is 0.400. The van der Waals surface area contributed by atoms with Crippen molar-refractivity contribution in [1.82, 2.24) is 4.98 Å². The van der Waals surface area contributed by atoms with Gasteiger partial charge in [-0.05, 0) is 29.0 Å². The number of thioether (sulfide) groups is 1. The summed E-state index contributed by atoms with van der Waals surface area (Å²) in [6, 6.07) is 5.23. The molecule has 0 bridgehead atoms. The van der Waals surface area contributed by atoms with Crippen molar-refractivity contribution in [3.8, 4) is 11.2 Å². The fourth-order valence-corrected chi connectivity index (χ4v) is 3.09. The molecule has 1 aromatic heterocycles. The molecule has 2 rings (SSSR count). The van der Waals surface area contributed by atoms with Crippen molar-refractivity contribution in [3.63, 3.8) is 0 Å². The van der Waals surface area contributed by atoms with Crippen LogP contribution in [0.25, 0.3) is 0 Å². The van der Waals surface area contributed by atoms with Crippen LogP contribution in [0.5, 0.6) is 5.75 Å². The second-order valence-electron chi connectivity index (χ2n) is 8.20. The summed E-state index contributed by atoms with van der Waals surface area (Å²) in [7, 11) is 0. The standard InChI is InChI=1S/C20H24N2O2S/c1-19(2,3)14-7-12(8-15(18(14)24)20(4,5)6)17(23)13-9-16(22-10-13)25-11-21/h7-10,22,24H,1-6H3. The van der Waals surface area contributed by atoms with E-state index in [1.807, 2.05) is 46.9 Å². The number of benzene rings is 1. The third-order valence-electron chi connectivity index (χ3n) is 4.06. The van der Waals surface area contributed by atoms with E-state index in [-0.39, 0.29) is 22.4 Å². The molecule has 0 saturated heterocycles. The first-order valence-corrected chi connectivity index (χ1v) is 8.94. The van der Waals surface area contributed by atoms with Gasteiger partial charge in [-0.25, -0.2) is 0 Å². The number of ketones is 1. The van der Waals surface area contributed by atoms with Gasteiger partial charge in [-0.3, -0.25) is 4.79 Å². The summed E-state index contributed by atoms with van der Waals surface area (Å²) >= 11 is 0.984. The number of phenolic OH excluding ortho intramolecular Hbond substituents is 1. The van der Waals surface area contributed by atoms with Crippen LogP contribution in [0.4, 0.5) is 0 Å². The van der Waals surface area contributed by atoms with Crippen LogP contribution >= 0.6 is 11.8 Å². The summed E-state index contributed by atoms with van der Waals surface area (Å²) in [6.07, 6.45) is 1.61. The summed E-state index contributed by atoms with van der Waals surface area (Å²) in [4.78, 5) is 15.9. The van der Waals surface area contributed by atoms with Crippen LogP contribution in [-0.2, 0) is 10.8 Å². The second-order valence-corrected chi connectivity index (χ2v) is 9.02. The van der Waals surface area contributed by atoms with Crippen LogP contribution < -0.4 is 0 Å². The number of phenols is 1. The number of aromatic amines is 1. The van der Waals surface area contributed by atoms with E-state index in [1.54, 1.807) is 24.4 Å². The van der Waals surface area contributed by atoms with E-state index in [2.05, 4.69) is 4.98 Å². The minimum atomic E-state index is -0.291. The first-order valence-electron chi connectivity index (χ1n) is 8.12. The molecule has 4 nitrogen and oxygen atoms in total. The van der Waals surface area contributed by atoms with Crippen molar-refractivity contribution in [2.24, 2.45) is 0 Å². The molecular formula is C20H24N2O2S. The molecule has 0 saturated carbocycles. The molecule has 0 unspecified atom stereocenters. The molecule has 0 aliphatic carbocycles. The van der Waals surface area contributed by atoms with Crippen molar-refractivity contribution < 1.29 is 9.90 Å².